The number of halogens is 1. The van der Waals surface area contributed by atoms with Crippen molar-refractivity contribution < 1.29 is 4.74 Å². The molecule has 6 nitrogen and oxygen atoms in total. The van der Waals surface area contributed by atoms with Crippen LogP contribution in [0.25, 0.3) is 0 Å². The van der Waals surface area contributed by atoms with Crippen LogP contribution in [0.15, 0.2) is 29.3 Å². The van der Waals surface area contributed by atoms with Crippen molar-refractivity contribution >= 4 is 29.9 Å². The van der Waals surface area contributed by atoms with Gasteiger partial charge in [0, 0.05) is 31.4 Å². The Hall–Kier alpha value is -1.61. The third-order valence-corrected chi connectivity index (χ3v) is 5.28. The van der Waals surface area contributed by atoms with Crippen LogP contribution in [0.1, 0.15) is 41.1 Å². The van der Waals surface area contributed by atoms with Crippen molar-refractivity contribution in [2.75, 3.05) is 26.2 Å². The maximum atomic E-state index is 6.07. The van der Waals surface area contributed by atoms with E-state index < -0.39 is 0 Å². The second kappa shape index (κ2) is 10.2. The molecule has 1 aromatic carbocycles. The normalized spacial score (nSPS) is 17.4. The quantitative estimate of drug-likeness (QED) is 0.399. The van der Waals surface area contributed by atoms with Gasteiger partial charge in [-0.15, -0.1) is 24.0 Å². The first-order valence-corrected chi connectivity index (χ1v) is 9.70. The molecule has 1 aliphatic heterocycles. The second-order valence-electron chi connectivity index (χ2n) is 7.11. The zero-order valence-corrected chi connectivity index (χ0v) is 19.9. The average Bonchev–Trinajstić information content (AvgIpc) is 2.91. The highest BCUT2D eigenvalue weighted by molar-refractivity contribution is 14.0. The molecule has 0 saturated carbocycles. The maximum Gasteiger partial charge on any atom is 0.194 e. The van der Waals surface area contributed by atoms with Crippen molar-refractivity contribution in [3.63, 3.8) is 0 Å². The molecule has 0 spiro atoms. The Labute approximate surface area is 185 Å². The summed E-state index contributed by atoms with van der Waals surface area (Å²) in [6.07, 6.45) is 0.0747. The predicted octanol–water partition coefficient (Wildman–Crippen LogP) is 3.50. The SMILES string of the molecule is CCNC(=NCc1c(C)nn(C)c1C)N1CCOC(c2ccccc2C)C1.I. The number of benzene rings is 1. The van der Waals surface area contributed by atoms with E-state index in [1.54, 1.807) is 0 Å². The molecular weight excluding hydrogens is 465 g/mol. The number of rotatable bonds is 4. The first-order valence-electron chi connectivity index (χ1n) is 9.70. The van der Waals surface area contributed by atoms with Crippen LogP contribution in [0, 0.1) is 20.8 Å². The van der Waals surface area contributed by atoms with Crippen molar-refractivity contribution in [3.8, 4) is 0 Å². The van der Waals surface area contributed by atoms with E-state index in [9.17, 15) is 0 Å². The minimum Gasteiger partial charge on any atom is -0.370 e. The summed E-state index contributed by atoms with van der Waals surface area (Å²) in [5, 5.41) is 7.95. The van der Waals surface area contributed by atoms with E-state index in [-0.39, 0.29) is 30.1 Å². The zero-order valence-electron chi connectivity index (χ0n) is 17.5. The topological polar surface area (TPSA) is 54.7 Å². The lowest BCUT2D eigenvalue weighted by molar-refractivity contribution is -0.00834. The number of morpholine rings is 1. The zero-order chi connectivity index (χ0) is 19.4. The van der Waals surface area contributed by atoms with Gasteiger partial charge in [0.05, 0.1) is 25.4 Å². The van der Waals surface area contributed by atoms with E-state index in [0.717, 1.165) is 31.3 Å². The van der Waals surface area contributed by atoms with Crippen molar-refractivity contribution in [1.82, 2.24) is 20.0 Å². The summed E-state index contributed by atoms with van der Waals surface area (Å²) in [5.41, 5.74) is 5.96. The third-order valence-electron chi connectivity index (χ3n) is 5.28. The van der Waals surface area contributed by atoms with Crippen molar-refractivity contribution in [3.05, 3.63) is 52.3 Å². The van der Waals surface area contributed by atoms with Gasteiger partial charge in [0.1, 0.15) is 6.10 Å². The lowest BCUT2D eigenvalue weighted by Crippen LogP contribution is -2.48. The number of aryl methyl sites for hydroxylation is 3. The summed E-state index contributed by atoms with van der Waals surface area (Å²) >= 11 is 0. The molecule has 0 aliphatic carbocycles. The maximum absolute atomic E-state index is 6.07. The largest absolute Gasteiger partial charge is 0.370 e. The molecule has 1 aliphatic rings. The lowest BCUT2D eigenvalue weighted by atomic mass is 10.0. The fourth-order valence-corrected chi connectivity index (χ4v) is 3.60. The Kier molecular flexibility index (Phi) is 8.30. The molecule has 1 saturated heterocycles. The van der Waals surface area contributed by atoms with E-state index in [2.05, 4.69) is 60.4 Å². The van der Waals surface area contributed by atoms with Gasteiger partial charge in [-0.2, -0.15) is 5.10 Å². The van der Waals surface area contributed by atoms with Gasteiger partial charge in [0.25, 0.3) is 0 Å². The highest BCUT2D eigenvalue weighted by atomic mass is 127. The van der Waals surface area contributed by atoms with Crippen LogP contribution in [-0.4, -0.2) is 46.9 Å². The molecule has 1 unspecified atom stereocenters. The summed E-state index contributed by atoms with van der Waals surface area (Å²) in [6, 6.07) is 8.46. The molecular formula is C21H32IN5O. The van der Waals surface area contributed by atoms with Gasteiger partial charge >= 0.3 is 0 Å². The highest BCUT2D eigenvalue weighted by Crippen LogP contribution is 2.25. The Morgan fingerprint density at radius 3 is 2.68 bits per heavy atom. The Morgan fingerprint density at radius 2 is 2.04 bits per heavy atom. The summed E-state index contributed by atoms with van der Waals surface area (Å²) in [4.78, 5) is 7.23. The number of hydrogen-bond acceptors (Lipinski definition) is 3. The van der Waals surface area contributed by atoms with Gasteiger partial charge in [0.15, 0.2) is 5.96 Å². The molecule has 3 rings (SSSR count). The molecule has 1 atom stereocenters. The van der Waals surface area contributed by atoms with Crippen molar-refractivity contribution in [2.24, 2.45) is 12.0 Å². The molecule has 2 aromatic rings. The van der Waals surface area contributed by atoms with E-state index >= 15 is 0 Å². The van der Waals surface area contributed by atoms with Gasteiger partial charge in [-0.3, -0.25) is 4.68 Å². The van der Waals surface area contributed by atoms with Crippen LogP contribution in [0.5, 0.6) is 0 Å². The Balaban J connectivity index is 0.00000280. The summed E-state index contributed by atoms with van der Waals surface area (Å²) in [5.74, 6) is 0.946. The molecule has 0 amide bonds. The fourth-order valence-electron chi connectivity index (χ4n) is 3.60. The minimum atomic E-state index is 0. The van der Waals surface area contributed by atoms with E-state index in [0.29, 0.717) is 13.2 Å². The molecule has 0 radical (unpaired) electrons. The number of aliphatic imine (C=N–C) groups is 1. The molecule has 7 heteroatoms. The van der Waals surface area contributed by atoms with Gasteiger partial charge in [-0.25, -0.2) is 4.99 Å². The first-order chi connectivity index (χ1) is 13.0. The van der Waals surface area contributed by atoms with Crippen LogP contribution < -0.4 is 5.32 Å². The van der Waals surface area contributed by atoms with Crippen molar-refractivity contribution in [1.29, 1.82) is 0 Å². The number of nitrogens with one attached hydrogen (secondary N) is 1. The minimum absolute atomic E-state index is 0. The molecule has 1 fully saturated rings. The van der Waals surface area contributed by atoms with E-state index in [1.165, 1.54) is 22.4 Å². The monoisotopic (exact) mass is 497 g/mol. The average molecular weight is 497 g/mol. The summed E-state index contributed by atoms with van der Waals surface area (Å²) in [7, 11) is 1.98. The lowest BCUT2D eigenvalue weighted by Gasteiger charge is -2.35. The summed E-state index contributed by atoms with van der Waals surface area (Å²) in [6.45, 7) is 12.2. The third kappa shape index (κ3) is 5.05. The predicted molar refractivity (Wildman–Crippen MR) is 124 cm³/mol. The standard InChI is InChI=1S/C21H31N5O.HI/c1-6-22-21(23-13-19-16(3)24-25(5)17(19)4)26-11-12-27-20(14-26)18-10-8-7-9-15(18)2;/h7-10,20H,6,11-14H2,1-5H3,(H,22,23);1H. The summed E-state index contributed by atoms with van der Waals surface area (Å²) < 4.78 is 8.00. The molecule has 1 aromatic heterocycles. The van der Waals surface area contributed by atoms with Gasteiger partial charge < -0.3 is 15.0 Å². The van der Waals surface area contributed by atoms with Crippen LogP contribution in [-0.2, 0) is 18.3 Å². The number of aromatic nitrogens is 2. The first kappa shape index (κ1) is 22.7. The van der Waals surface area contributed by atoms with Crippen LogP contribution in [0.2, 0.25) is 0 Å². The number of guanidine groups is 1. The van der Waals surface area contributed by atoms with E-state index in [1.807, 2.05) is 18.7 Å². The van der Waals surface area contributed by atoms with Crippen molar-refractivity contribution in [2.45, 2.75) is 40.3 Å². The molecule has 1 N–H and O–H groups in total. The molecule has 0 bridgehead atoms. The molecule has 154 valence electrons. The highest BCUT2D eigenvalue weighted by Gasteiger charge is 2.25. The van der Waals surface area contributed by atoms with E-state index in [4.69, 9.17) is 9.73 Å². The van der Waals surface area contributed by atoms with Gasteiger partial charge in [-0.1, -0.05) is 24.3 Å². The van der Waals surface area contributed by atoms with Crippen LogP contribution in [0.3, 0.4) is 0 Å². The number of ether oxygens (including phenoxy) is 1. The van der Waals surface area contributed by atoms with Crippen LogP contribution >= 0.6 is 24.0 Å². The smallest absolute Gasteiger partial charge is 0.194 e. The number of nitrogens with zero attached hydrogens (tertiary/aromatic N) is 4. The van der Waals surface area contributed by atoms with Crippen LogP contribution in [0.4, 0.5) is 0 Å². The number of hydrogen-bond donors (Lipinski definition) is 1. The Bertz CT molecular complexity index is 817. The second-order valence-corrected chi connectivity index (χ2v) is 7.11. The molecule has 2 heterocycles. The van der Waals surface area contributed by atoms with Gasteiger partial charge in [-0.05, 0) is 38.8 Å². The fraction of sp³-hybridized carbons (Fsp3) is 0.524. The van der Waals surface area contributed by atoms with Gasteiger partial charge in [0.2, 0.25) is 0 Å². The Morgan fingerprint density at radius 1 is 1.29 bits per heavy atom. The molecule has 28 heavy (non-hydrogen) atoms.